The Labute approximate surface area is 149 Å². The summed E-state index contributed by atoms with van der Waals surface area (Å²) in [6, 6.07) is 15.2. The number of hydrogen-bond acceptors (Lipinski definition) is 4. The normalized spacial score (nSPS) is 17.7. The monoisotopic (exact) mass is 360 g/mol. The summed E-state index contributed by atoms with van der Waals surface area (Å²) in [7, 11) is -1.94. The number of methoxy groups -OCH3 is 1. The van der Waals surface area contributed by atoms with E-state index < -0.39 is 10.0 Å². The average molecular weight is 360 g/mol. The molecule has 2 aromatic carbocycles. The van der Waals surface area contributed by atoms with E-state index in [2.05, 4.69) is 21.8 Å². The van der Waals surface area contributed by atoms with Crippen molar-refractivity contribution in [2.45, 2.75) is 18.2 Å². The largest absolute Gasteiger partial charge is 0.497 e. The van der Waals surface area contributed by atoms with Gasteiger partial charge in [-0.15, -0.1) is 0 Å². The Balaban J connectivity index is 1.62. The van der Waals surface area contributed by atoms with E-state index in [9.17, 15) is 8.42 Å². The van der Waals surface area contributed by atoms with Crippen molar-refractivity contribution in [1.29, 1.82) is 0 Å². The maximum absolute atomic E-state index is 12.6. The first-order valence-corrected chi connectivity index (χ1v) is 9.92. The van der Waals surface area contributed by atoms with Crippen LogP contribution in [0.3, 0.4) is 0 Å². The van der Waals surface area contributed by atoms with Crippen molar-refractivity contribution in [3.63, 3.8) is 0 Å². The summed E-state index contributed by atoms with van der Waals surface area (Å²) in [5.74, 6) is 0.972. The van der Waals surface area contributed by atoms with Crippen LogP contribution in [0.4, 0.5) is 5.69 Å². The average Bonchev–Trinajstić information content (AvgIpc) is 3.09. The molecule has 0 aliphatic carbocycles. The van der Waals surface area contributed by atoms with Crippen molar-refractivity contribution in [2.24, 2.45) is 5.92 Å². The summed E-state index contributed by atoms with van der Waals surface area (Å²) in [6.45, 7) is 4.06. The van der Waals surface area contributed by atoms with Crippen molar-refractivity contribution < 1.29 is 13.2 Å². The molecule has 6 heteroatoms. The zero-order chi connectivity index (χ0) is 17.9. The van der Waals surface area contributed by atoms with Gasteiger partial charge in [0.1, 0.15) is 5.75 Å². The Bertz CT molecular complexity index is 822. The SMILES string of the molecule is COc1ccc(S(=O)(=O)NCC2CCN(c3ccccc3)C2)c(C)c1. The van der Waals surface area contributed by atoms with E-state index >= 15 is 0 Å². The fourth-order valence-electron chi connectivity index (χ4n) is 3.23. The van der Waals surface area contributed by atoms with Crippen LogP contribution in [0.25, 0.3) is 0 Å². The van der Waals surface area contributed by atoms with Crippen LogP contribution in [0.15, 0.2) is 53.4 Å². The van der Waals surface area contributed by atoms with E-state index in [0.717, 1.165) is 19.5 Å². The Morgan fingerprint density at radius 1 is 1.20 bits per heavy atom. The van der Waals surface area contributed by atoms with Crippen molar-refractivity contribution in [3.05, 3.63) is 54.1 Å². The number of hydrogen-bond donors (Lipinski definition) is 1. The molecule has 0 spiro atoms. The number of nitrogens with zero attached hydrogens (tertiary/aromatic N) is 1. The molecule has 1 aliphatic rings. The minimum absolute atomic E-state index is 0.311. The second-order valence-corrected chi connectivity index (χ2v) is 8.15. The number of para-hydroxylation sites is 1. The highest BCUT2D eigenvalue weighted by Gasteiger charge is 2.25. The highest BCUT2D eigenvalue weighted by molar-refractivity contribution is 7.89. The lowest BCUT2D eigenvalue weighted by molar-refractivity contribution is 0.414. The quantitative estimate of drug-likeness (QED) is 0.861. The molecule has 0 amide bonds. The number of aryl methyl sites for hydroxylation is 1. The smallest absolute Gasteiger partial charge is 0.240 e. The molecule has 0 radical (unpaired) electrons. The first-order valence-electron chi connectivity index (χ1n) is 8.44. The highest BCUT2D eigenvalue weighted by atomic mass is 32.2. The Morgan fingerprint density at radius 3 is 2.64 bits per heavy atom. The molecule has 1 aliphatic heterocycles. The molecule has 1 fully saturated rings. The fourth-order valence-corrected chi connectivity index (χ4v) is 4.57. The van der Waals surface area contributed by atoms with Crippen molar-refractivity contribution in [3.8, 4) is 5.75 Å². The molecule has 0 saturated carbocycles. The molecule has 1 N–H and O–H groups in total. The second-order valence-electron chi connectivity index (χ2n) is 6.42. The summed E-state index contributed by atoms with van der Waals surface area (Å²) < 4.78 is 33.1. The van der Waals surface area contributed by atoms with Gasteiger partial charge in [0.2, 0.25) is 10.0 Å². The third-order valence-corrected chi connectivity index (χ3v) is 6.22. The Hall–Kier alpha value is -2.05. The summed E-state index contributed by atoms with van der Waals surface area (Å²) in [5.41, 5.74) is 1.88. The second kappa shape index (κ2) is 7.45. The van der Waals surface area contributed by atoms with Gasteiger partial charge in [0.25, 0.3) is 0 Å². The van der Waals surface area contributed by atoms with Gasteiger partial charge >= 0.3 is 0 Å². The molecule has 0 bridgehead atoms. The van der Waals surface area contributed by atoms with Gasteiger partial charge < -0.3 is 9.64 Å². The van der Waals surface area contributed by atoms with Gasteiger partial charge in [0.15, 0.2) is 0 Å². The standard InChI is InChI=1S/C19H24N2O3S/c1-15-12-18(24-2)8-9-19(15)25(22,23)20-13-16-10-11-21(14-16)17-6-4-3-5-7-17/h3-9,12,16,20H,10-11,13-14H2,1-2H3. The van der Waals surface area contributed by atoms with Crippen LogP contribution in [0.2, 0.25) is 0 Å². The molecule has 134 valence electrons. The lowest BCUT2D eigenvalue weighted by Crippen LogP contribution is -2.31. The van der Waals surface area contributed by atoms with E-state index in [1.54, 1.807) is 32.2 Å². The maximum atomic E-state index is 12.6. The molecule has 0 aromatic heterocycles. The van der Waals surface area contributed by atoms with Gasteiger partial charge in [-0.25, -0.2) is 13.1 Å². The van der Waals surface area contributed by atoms with Gasteiger partial charge in [-0.05, 0) is 55.2 Å². The van der Waals surface area contributed by atoms with E-state index in [-0.39, 0.29) is 0 Å². The number of benzene rings is 2. The summed E-state index contributed by atoms with van der Waals surface area (Å²) in [4.78, 5) is 2.61. The van der Waals surface area contributed by atoms with Gasteiger partial charge in [-0.2, -0.15) is 0 Å². The molecule has 1 atom stereocenters. The predicted octanol–water partition coefficient (Wildman–Crippen LogP) is 2.81. The number of sulfonamides is 1. The summed E-state index contributed by atoms with van der Waals surface area (Å²) in [6.07, 6.45) is 0.985. The third-order valence-electron chi connectivity index (χ3n) is 4.64. The van der Waals surface area contributed by atoms with Crippen LogP contribution in [0.1, 0.15) is 12.0 Å². The van der Waals surface area contributed by atoms with E-state index in [0.29, 0.717) is 28.7 Å². The molecule has 25 heavy (non-hydrogen) atoms. The molecular weight excluding hydrogens is 336 g/mol. The van der Waals surface area contributed by atoms with E-state index in [1.165, 1.54) is 5.69 Å². The molecule has 1 unspecified atom stereocenters. The molecule has 1 saturated heterocycles. The van der Waals surface area contributed by atoms with Gasteiger partial charge in [0.05, 0.1) is 12.0 Å². The number of ether oxygens (including phenoxy) is 1. The van der Waals surface area contributed by atoms with Gasteiger partial charge in [0, 0.05) is 25.3 Å². The maximum Gasteiger partial charge on any atom is 0.240 e. The lowest BCUT2D eigenvalue weighted by Gasteiger charge is -2.19. The minimum atomic E-state index is -3.51. The molecule has 1 heterocycles. The van der Waals surface area contributed by atoms with Crippen molar-refractivity contribution in [1.82, 2.24) is 4.72 Å². The zero-order valence-electron chi connectivity index (χ0n) is 14.6. The van der Waals surface area contributed by atoms with Crippen LogP contribution in [-0.2, 0) is 10.0 Å². The zero-order valence-corrected chi connectivity index (χ0v) is 15.4. The Morgan fingerprint density at radius 2 is 1.96 bits per heavy atom. The minimum Gasteiger partial charge on any atom is -0.497 e. The number of nitrogens with one attached hydrogen (secondary N) is 1. The topological polar surface area (TPSA) is 58.6 Å². The molecule has 3 rings (SSSR count). The first-order chi connectivity index (χ1) is 12.0. The highest BCUT2D eigenvalue weighted by Crippen LogP contribution is 2.24. The van der Waals surface area contributed by atoms with E-state index in [4.69, 9.17) is 4.74 Å². The first kappa shape index (κ1) is 17.8. The Kier molecular flexibility index (Phi) is 5.30. The van der Waals surface area contributed by atoms with Crippen molar-refractivity contribution >= 4 is 15.7 Å². The molecular formula is C19H24N2O3S. The lowest BCUT2D eigenvalue weighted by atomic mass is 10.1. The molecule has 2 aromatic rings. The molecule has 5 nitrogen and oxygen atoms in total. The van der Waals surface area contributed by atoms with Gasteiger partial charge in [-0.1, -0.05) is 18.2 Å². The van der Waals surface area contributed by atoms with Crippen molar-refractivity contribution in [2.75, 3.05) is 31.6 Å². The third kappa shape index (κ3) is 4.14. The van der Waals surface area contributed by atoms with E-state index in [1.807, 2.05) is 18.2 Å². The summed E-state index contributed by atoms with van der Waals surface area (Å²) >= 11 is 0. The van der Waals surface area contributed by atoms with Gasteiger partial charge in [-0.3, -0.25) is 0 Å². The van der Waals surface area contributed by atoms with Crippen LogP contribution < -0.4 is 14.4 Å². The van der Waals surface area contributed by atoms with Crippen LogP contribution in [0, 0.1) is 12.8 Å². The summed E-state index contributed by atoms with van der Waals surface area (Å²) in [5, 5.41) is 0. The predicted molar refractivity (Wildman–Crippen MR) is 99.7 cm³/mol. The van der Waals surface area contributed by atoms with Crippen LogP contribution >= 0.6 is 0 Å². The van der Waals surface area contributed by atoms with Crippen LogP contribution in [-0.4, -0.2) is 35.2 Å². The van der Waals surface area contributed by atoms with Crippen LogP contribution in [0.5, 0.6) is 5.75 Å². The number of anilines is 1. The fraction of sp³-hybridized carbons (Fsp3) is 0.368. The number of rotatable bonds is 6.